The molecule has 0 atom stereocenters. The van der Waals surface area contributed by atoms with E-state index in [2.05, 4.69) is 10.3 Å². The SMILES string of the molecule is CCNC(=O)CC(=O)c1cccnc1. The van der Waals surface area contributed by atoms with Gasteiger partial charge in [0.2, 0.25) is 5.91 Å². The molecule has 1 aromatic rings. The first-order valence-corrected chi connectivity index (χ1v) is 4.44. The summed E-state index contributed by atoms with van der Waals surface area (Å²) < 4.78 is 0. The van der Waals surface area contributed by atoms with E-state index in [-0.39, 0.29) is 18.1 Å². The minimum atomic E-state index is -0.249. The van der Waals surface area contributed by atoms with Crippen molar-refractivity contribution in [2.24, 2.45) is 0 Å². The zero-order valence-corrected chi connectivity index (χ0v) is 7.99. The Morgan fingerprint density at radius 2 is 2.29 bits per heavy atom. The van der Waals surface area contributed by atoms with Crippen molar-refractivity contribution >= 4 is 11.7 Å². The second kappa shape index (κ2) is 5.11. The van der Waals surface area contributed by atoms with Crippen molar-refractivity contribution in [2.45, 2.75) is 13.3 Å². The van der Waals surface area contributed by atoms with Crippen molar-refractivity contribution in [3.05, 3.63) is 30.1 Å². The smallest absolute Gasteiger partial charge is 0.227 e. The van der Waals surface area contributed by atoms with Gasteiger partial charge < -0.3 is 5.32 Å². The maximum Gasteiger partial charge on any atom is 0.227 e. The molecule has 4 heteroatoms. The molecule has 1 rings (SSSR count). The summed E-state index contributed by atoms with van der Waals surface area (Å²) >= 11 is 0. The molecule has 1 N–H and O–H groups in total. The van der Waals surface area contributed by atoms with E-state index in [0.29, 0.717) is 12.1 Å². The largest absolute Gasteiger partial charge is 0.356 e. The fourth-order valence-electron chi connectivity index (χ4n) is 1.04. The molecule has 0 fully saturated rings. The molecular weight excluding hydrogens is 180 g/mol. The Hall–Kier alpha value is -1.71. The molecule has 0 unspecified atom stereocenters. The molecule has 0 spiro atoms. The molecule has 0 saturated heterocycles. The van der Waals surface area contributed by atoms with E-state index in [1.165, 1.54) is 6.20 Å². The Kier molecular flexibility index (Phi) is 3.79. The average Bonchev–Trinajstić information content (AvgIpc) is 2.19. The number of amides is 1. The Balaban J connectivity index is 2.55. The highest BCUT2D eigenvalue weighted by Gasteiger charge is 2.10. The highest BCUT2D eigenvalue weighted by Crippen LogP contribution is 2.00. The van der Waals surface area contributed by atoms with E-state index in [4.69, 9.17) is 0 Å². The number of nitrogens with one attached hydrogen (secondary N) is 1. The number of carbonyl (C=O) groups is 2. The number of aromatic nitrogens is 1. The molecular formula is C10H12N2O2. The fourth-order valence-corrected chi connectivity index (χ4v) is 1.04. The van der Waals surface area contributed by atoms with Crippen molar-refractivity contribution in [1.82, 2.24) is 10.3 Å². The molecule has 0 aromatic carbocycles. The van der Waals surface area contributed by atoms with E-state index in [1.807, 2.05) is 6.92 Å². The van der Waals surface area contributed by atoms with Gasteiger partial charge in [-0.25, -0.2) is 0 Å². The lowest BCUT2D eigenvalue weighted by Crippen LogP contribution is -2.25. The van der Waals surface area contributed by atoms with E-state index in [1.54, 1.807) is 18.3 Å². The first-order chi connectivity index (χ1) is 6.74. The molecule has 14 heavy (non-hydrogen) atoms. The number of nitrogens with zero attached hydrogens (tertiary/aromatic N) is 1. The normalized spacial score (nSPS) is 9.50. The minimum Gasteiger partial charge on any atom is -0.356 e. The Bertz CT molecular complexity index is 322. The standard InChI is InChI=1S/C10H12N2O2/c1-2-12-10(14)6-9(13)8-4-3-5-11-7-8/h3-5,7H,2,6H2,1H3,(H,12,14). The lowest BCUT2D eigenvalue weighted by Gasteiger charge is -2.00. The summed E-state index contributed by atoms with van der Waals surface area (Å²) in [7, 11) is 0. The van der Waals surface area contributed by atoms with Crippen molar-refractivity contribution < 1.29 is 9.59 Å². The van der Waals surface area contributed by atoms with Gasteiger partial charge in [0, 0.05) is 24.5 Å². The number of hydrogen-bond donors (Lipinski definition) is 1. The summed E-state index contributed by atoms with van der Waals surface area (Å²) in [5, 5.41) is 2.57. The quantitative estimate of drug-likeness (QED) is 0.566. The van der Waals surface area contributed by atoms with Gasteiger partial charge in [0.05, 0.1) is 6.42 Å². The summed E-state index contributed by atoms with van der Waals surface area (Å²) in [5.41, 5.74) is 0.471. The van der Waals surface area contributed by atoms with Crippen molar-refractivity contribution in [3.8, 4) is 0 Å². The zero-order valence-electron chi connectivity index (χ0n) is 7.99. The highest BCUT2D eigenvalue weighted by atomic mass is 16.2. The van der Waals surface area contributed by atoms with Gasteiger partial charge in [-0.05, 0) is 19.1 Å². The molecule has 74 valence electrons. The van der Waals surface area contributed by atoms with Crippen LogP contribution < -0.4 is 5.32 Å². The third kappa shape index (κ3) is 2.97. The summed E-state index contributed by atoms with van der Waals surface area (Å²) in [6, 6.07) is 3.32. The number of hydrogen-bond acceptors (Lipinski definition) is 3. The number of ketones is 1. The van der Waals surface area contributed by atoms with E-state index >= 15 is 0 Å². The number of pyridine rings is 1. The maximum atomic E-state index is 11.4. The van der Waals surface area contributed by atoms with Gasteiger partial charge in [-0.15, -0.1) is 0 Å². The van der Waals surface area contributed by atoms with Gasteiger partial charge in [0.15, 0.2) is 5.78 Å². The number of Topliss-reactive ketones (excluding diaryl/α,β-unsaturated/α-hetero) is 1. The van der Waals surface area contributed by atoms with Gasteiger partial charge in [0.1, 0.15) is 0 Å². The second-order valence-electron chi connectivity index (χ2n) is 2.80. The third-order valence-corrected chi connectivity index (χ3v) is 1.68. The number of rotatable bonds is 4. The van der Waals surface area contributed by atoms with Gasteiger partial charge >= 0.3 is 0 Å². The first-order valence-electron chi connectivity index (χ1n) is 4.44. The van der Waals surface area contributed by atoms with Gasteiger partial charge in [-0.1, -0.05) is 0 Å². The van der Waals surface area contributed by atoms with E-state index in [9.17, 15) is 9.59 Å². The Morgan fingerprint density at radius 1 is 1.50 bits per heavy atom. The Labute approximate surface area is 82.3 Å². The fraction of sp³-hybridized carbons (Fsp3) is 0.300. The summed E-state index contributed by atoms with van der Waals surface area (Å²) in [6.07, 6.45) is 2.93. The van der Waals surface area contributed by atoms with Crippen LogP contribution in [-0.2, 0) is 4.79 Å². The summed E-state index contributed by atoms with van der Waals surface area (Å²) in [5.74, 6) is -0.453. The first kappa shape index (κ1) is 10.4. The molecule has 4 nitrogen and oxygen atoms in total. The van der Waals surface area contributed by atoms with Crippen LogP contribution in [0.25, 0.3) is 0 Å². The molecule has 1 amide bonds. The van der Waals surface area contributed by atoms with E-state index in [0.717, 1.165) is 0 Å². The predicted molar refractivity (Wildman–Crippen MR) is 51.9 cm³/mol. The molecule has 1 aromatic heterocycles. The van der Waals surface area contributed by atoms with Gasteiger partial charge in [-0.2, -0.15) is 0 Å². The van der Waals surface area contributed by atoms with Gasteiger partial charge in [-0.3, -0.25) is 14.6 Å². The summed E-state index contributed by atoms with van der Waals surface area (Å²) in [4.78, 5) is 26.3. The molecule has 0 bridgehead atoms. The van der Waals surface area contributed by atoms with Crippen LogP contribution in [0.4, 0.5) is 0 Å². The topological polar surface area (TPSA) is 59.1 Å². The minimum absolute atomic E-state index is 0.112. The highest BCUT2D eigenvalue weighted by molar-refractivity contribution is 6.07. The molecule has 0 saturated carbocycles. The molecule has 1 heterocycles. The lowest BCUT2D eigenvalue weighted by molar-refractivity contribution is -0.120. The molecule has 0 radical (unpaired) electrons. The zero-order chi connectivity index (χ0) is 10.4. The third-order valence-electron chi connectivity index (χ3n) is 1.68. The molecule has 0 aliphatic rings. The molecule has 0 aliphatic heterocycles. The maximum absolute atomic E-state index is 11.4. The van der Waals surface area contributed by atoms with Crippen LogP contribution in [0, 0.1) is 0 Å². The average molecular weight is 192 g/mol. The van der Waals surface area contributed by atoms with Crippen LogP contribution >= 0.6 is 0 Å². The van der Waals surface area contributed by atoms with E-state index < -0.39 is 0 Å². The van der Waals surface area contributed by atoms with Crippen LogP contribution in [0.15, 0.2) is 24.5 Å². The van der Waals surface area contributed by atoms with Crippen LogP contribution in [0.1, 0.15) is 23.7 Å². The van der Waals surface area contributed by atoms with Crippen molar-refractivity contribution in [2.75, 3.05) is 6.54 Å². The summed E-state index contributed by atoms with van der Waals surface area (Å²) in [6.45, 7) is 2.35. The predicted octanol–water partition coefficient (Wildman–Crippen LogP) is 0.791. The van der Waals surface area contributed by atoms with Crippen molar-refractivity contribution in [3.63, 3.8) is 0 Å². The van der Waals surface area contributed by atoms with Crippen LogP contribution in [-0.4, -0.2) is 23.2 Å². The second-order valence-corrected chi connectivity index (χ2v) is 2.80. The van der Waals surface area contributed by atoms with Crippen LogP contribution in [0.2, 0.25) is 0 Å². The van der Waals surface area contributed by atoms with Crippen molar-refractivity contribution in [1.29, 1.82) is 0 Å². The van der Waals surface area contributed by atoms with Gasteiger partial charge in [0.25, 0.3) is 0 Å². The monoisotopic (exact) mass is 192 g/mol. The Morgan fingerprint density at radius 3 is 2.86 bits per heavy atom. The number of carbonyl (C=O) groups excluding carboxylic acids is 2. The van der Waals surface area contributed by atoms with Crippen LogP contribution in [0.3, 0.4) is 0 Å². The van der Waals surface area contributed by atoms with Crippen LogP contribution in [0.5, 0.6) is 0 Å². The lowest BCUT2D eigenvalue weighted by atomic mass is 10.1. The molecule has 0 aliphatic carbocycles.